The maximum atomic E-state index is 8.35. The van der Waals surface area contributed by atoms with Crippen molar-refractivity contribution in [3.8, 4) is 6.07 Å². The fourth-order valence-corrected chi connectivity index (χ4v) is 0.620. The van der Waals surface area contributed by atoms with E-state index in [0.29, 0.717) is 11.5 Å². The van der Waals surface area contributed by atoms with Crippen LogP contribution in [0.15, 0.2) is 11.8 Å². The van der Waals surface area contributed by atoms with E-state index < -0.39 is 0 Å². The van der Waals surface area contributed by atoms with Crippen molar-refractivity contribution in [3.05, 3.63) is 11.8 Å². The van der Waals surface area contributed by atoms with Crippen LogP contribution in [0.5, 0.6) is 0 Å². The molecule has 9 heavy (non-hydrogen) atoms. The summed E-state index contributed by atoms with van der Waals surface area (Å²) in [4.78, 5) is 0. The summed E-state index contributed by atoms with van der Waals surface area (Å²) in [5, 5.41) is 16.6. The molecular weight excluding hydrogens is 109 g/mol. The van der Waals surface area contributed by atoms with Crippen LogP contribution in [0.4, 0.5) is 0 Å². The van der Waals surface area contributed by atoms with E-state index in [1.165, 1.54) is 0 Å². The average molecular weight is 117 g/mol. The molecule has 1 N–H and O–H groups in total. The van der Waals surface area contributed by atoms with E-state index in [0.717, 1.165) is 19.1 Å². The standard InChI is InChI=1S/C6H7NO.Li.H/c7-3-6(4-8)5-1-2-5;;/h4-5,8H,1-2H2;;/q;+1;-1. The van der Waals surface area contributed by atoms with Gasteiger partial charge in [0.15, 0.2) is 0 Å². The minimum Gasteiger partial charge on any atom is -1.00 e. The summed E-state index contributed by atoms with van der Waals surface area (Å²) in [6.45, 7) is 0. The quantitative estimate of drug-likeness (QED) is 0.257. The van der Waals surface area contributed by atoms with E-state index >= 15 is 0 Å². The Balaban J connectivity index is 0. The van der Waals surface area contributed by atoms with Crippen molar-refractivity contribution >= 4 is 0 Å². The summed E-state index contributed by atoms with van der Waals surface area (Å²) in [7, 11) is 0. The second kappa shape index (κ2) is 3.61. The van der Waals surface area contributed by atoms with Crippen LogP contribution in [0.1, 0.15) is 14.3 Å². The molecule has 1 rings (SSSR count). The zero-order valence-corrected chi connectivity index (χ0v) is 5.46. The van der Waals surface area contributed by atoms with Crippen molar-refractivity contribution < 1.29 is 25.4 Å². The molecule has 0 radical (unpaired) electrons. The third-order valence-electron chi connectivity index (χ3n) is 1.29. The minimum atomic E-state index is 0. The number of hydrogen-bond donors (Lipinski definition) is 1. The van der Waals surface area contributed by atoms with Crippen LogP contribution in [0.3, 0.4) is 0 Å². The Morgan fingerprint density at radius 3 is 2.44 bits per heavy atom. The van der Waals surface area contributed by atoms with Crippen molar-refractivity contribution in [2.24, 2.45) is 5.92 Å². The van der Waals surface area contributed by atoms with E-state index in [9.17, 15) is 0 Å². The van der Waals surface area contributed by atoms with Crippen LogP contribution in [0.2, 0.25) is 0 Å². The van der Waals surface area contributed by atoms with Crippen LogP contribution in [0, 0.1) is 17.2 Å². The zero-order valence-electron chi connectivity index (χ0n) is 6.46. The normalized spacial score (nSPS) is 17.9. The zero-order chi connectivity index (χ0) is 5.98. The van der Waals surface area contributed by atoms with Crippen molar-refractivity contribution in [2.45, 2.75) is 12.8 Å². The van der Waals surface area contributed by atoms with Crippen LogP contribution in [-0.4, -0.2) is 5.11 Å². The largest absolute Gasteiger partial charge is 1.00 e. The van der Waals surface area contributed by atoms with Gasteiger partial charge in [-0.3, -0.25) is 0 Å². The van der Waals surface area contributed by atoms with Crippen LogP contribution >= 0.6 is 0 Å². The molecule has 3 heteroatoms. The Morgan fingerprint density at radius 2 is 2.33 bits per heavy atom. The molecule has 2 nitrogen and oxygen atoms in total. The monoisotopic (exact) mass is 117 g/mol. The number of nitrogens with zero attached hydrogens (tertiary/aromatic N) is 1. The molecule has 0 aromatic rings. The molecule has 0 aliphatic heterocycles. The molecule has 1 saturated carbocycles. The number of aliphatic hydroxyl groups is 1. The fraction of sp³-hybridized carbons (Fsp3) is 0.500. The summed E-state index contributed by atoms with van der Waals surface area (Å²) in [6, 6.07) is 1.92. The predicted octanol–water partition coefficient (Wildman–Crippen LogP) is -1.52. The molecule has 0 aromatic carbocycles. The van der Waals surface area contributed by atoms with Gasteiger partial charge in [-0.15, -0.1) is 0 Å². The summed E-state index contributed by atoms with van der Waals surface area (Å²) in [6.07, 6.45) is 3.05. The van der Waals surface area contributed by atoms with Crippen molar-refractivity contribution in [2.75, 3.05) is 0 Å². The Bertz CT molecular complexity index is 160. The minimum absolute atomic E-state index is 0. The Kier molecular flexibility index (Phi) is 3.46. The Hall–Kier alpha value is -0.373. The molecular formula is C6H8LiNO. The topological polar surface area (TPSA) is 44.0 Å². The van der Waals surface area contributed by atoms with E-state index in [1.807, 2.05) is 6.07 Å². The van der Waals surface area contributed by atoms with Gasteiger partial charge in [-0.25, -0.2) is 0 Å². The van der Waals surface area contributed by atoms with Gasteiger partial charge in [0.25, 0.3) is 0 Å². The smallest absolute Gasteiger partial charge is 1.00 e. The maximum absolute atomic E-state index is 8.35. The van der Waals surface area contributed by atoms with E-state index in [1.54, 1.807) is 0 Å². The summed E-state index contributed by atoms with van der Waals surface area (Å²) in [5.41, 5.74) is 0.532. The van der Waals surface area contributed by atoms with Crippen LogP contribution in [-0.2, 0) is 0 Å². The molecule has 0 heterocycles. The molecule has 1 fully saturated rings. The van der Waals surface area contributed by atoms with Gasteiger partial charge in [0.1, 0.15) is 0 Å². The SMILES string of the molecule is N#CC(=CO)C1CC1.[H-].[Li+]. The van der Waals surface area contributed by atoms with Gasteiger partial charge in [0.05, 0.1) is 17.9 Å². The molecule has 0 unspecified atom stereocenters. The van der Waals surface area contributed by atoms with Crippen LogP contribution < -0.4 is 18.9 Å². The molecule has 0 spiro atoms. The number of rotatable bonds is 1. The first kappa shape index (κ1) is 8.63. The maximum Gasteiger partial charge on any atom is 1.00 e. The van der Waals surface area contributed by atoms with Gasteiger partial charge in [-0.2, -0.15) is 5.26 Å². The fourth-order valence-electron chi connectivity index (χ4n) is 0.620. The van der Waals surface area contributed by atoms with Crippen molar-refractivity contribution in [1.82, 2.24) is 0 Å². The first-order valence-electron chi connectivity index (χ1n) is 2.63. The van der Waals surface area contributed by atoms with E-state index in [4.69, 9.17) is 10.4 Å². The average Bonchev–Trinajstić information content (AvgIpc) is 2.53. The van der Waals surface area contributed by atoms with Gasteiger partial charge in [-0.1, -0.05) is 0 Å². The number of hydrogen-bond acceptors (Lipinski definition) is 2. The molecule has 0 amide bonds. The van der Waals surface area contributed by atoms with Gasteiger partial charge in [-0.05, 0) is 18.8 Å². The Morgan fingerprint density at radius 1 is 1.78 bits per heavy atom. The number of allylic oxidation sites excluding steroid dienone is 1. The number of aliphatic hydroxyl groups excluding tert-OH is 1. The molecule has 0 atom stereocenters. The molecule has 1 aliphatic carbocycles. The summed E-state index contributed by atoms with van der Waals surface area (Å²) < 4.78 is 0. The van der Waals surface area contributed by atoms with Gasteiger partial charge in [0, 0.05) is 0 Å². The third-order valence-corrected chi connectivity index (χ3v) is 1.29. The molecule has 44 valence electrons. The van der Waals surface area contributed by atoms with E-state index in [-0.39, 0.29) is 20.3 Å². The van der Waals surface area contributed by atoms with Gasteiger partial charge >= 0.3 is 18.9 Å². The van der Waals surface area contributed by atoms with Crippen molar-refractivity contribution in [1.29, 1.82) is 5.26 Å². The molecule has 0 saturated heterocycles. The summed E-state index contributed by atoms with van der Waals surface area (Å²) >= 11 is 0. The van der Waals surface area contributed by atoms with E-state index in [2.05, 4.69) is 0 Å². The second-order valence-corrected chi connectivity index (χ2v) is 1.97. The second-order valence-electron chi connectivity index (χ2n) is 1.97. The summed E-state index contributed by atoms with van der Waals surface area (Å²) in [5.74, 6) is 0.380. The van der Waals surface area contributed by atoms with Crippen molar-refractivity contribution in [3.63, 3.8) is 0 Å². The third kappa shape index (κ3) is 2.14. The van der Waals surface area contributed by atoms with Crippen LogP contribution in [0.25, 0.3) is 0 Å². The first-order chi connectivity index (χ1) is 3.88. The molecule has 0 bridgehead atoms. The van der Waals surface area contributed by atoms with Gasteiger partial charge in [0.2, 0.25) is 0 Å². The predicted molar refractivity (Wildman–Crippen MR) is 30.2 cm³/mol. The van der Waals surface area contributed by atoms with Gasteiger partial charge < -0.3 is 6.53 Å². The molecule has 0 aromatic heterocycles. The number of nitriles is 1. The first-order valence-corrected chi connectivity index (χ1v) is 2.63. The molecule has 1 aliphatic rings. The Labute approximate surface area is 67.8 Å².